The fraction of sp³-hybridized carbons (Fsp3) is 0.600. The monoisotopic (exact) mass is 265 g/mol. The maximum absolute atomic E-state index is 13.2. The van der Waals surface area contributed by atoms with E-state index in [2.05, 4.69) is 36.1 Å². The zero-order valence-electron chi connectivity index (χ0n) is 12.1. The van der Waals surface area contributed by atoms with Crippen LogP contribution in [-0.2, 0) is 0 Å². The summed E-state index contributed by atoms with van der Waals surface area (Å²) < 4.78 is 13.2. The smallest absolute Gasteiger partial charge is 0.123 e. The number of nitrogens with zero attached hydrogens (tertiary/aromatic N) is 2. The van der Waals surface area contributed by atoms with Crippen molar-refractivity contribution < 1.29 is 4.39 Å². The molecule has 0 spiro atoms. The van der Waals surface area contributed by atoms with Crippen LogP contribution in [0.2, 0.25) is 0 Å². The van der Waals surface area contributed by atoms with E-state index in [4.69, 9.17) is 0 Å². The van der Waals surface area contributed by atoms with E-state index in [1.54, 1.807) is 12.1 Å². The summed E-state index contributed by atoms with van der Waals surface area (Å²) >= 11 is 0. The first-order valence-corrected chi connectivity index (χ1v) is 6.94. The SMILES string of the molecule is CC(NCC1CN(C)CCN1C)c1cccc(F)c1. The van der Waals surface area contributed by atoms with Gasteiger partial charge in [-0.1, -0.05) is 12.1 Å². The number of hydrogen-bond donors (Lipinski definition) is 1. The number of benzene rings is 1. The zero-order chi connectivity index (χ0) is 13.8. The van der Waals surface area contributed by atoms with Crippen molar-refractivity contribution in [1.29, 1.82) is 0 Å². The molecule has 0 amide bonds. The summed E-state index contributed by atoms with van der Waals surface area (Å²) in [6.07, 6.45) is 0. The van der Waals surface area contributed by atoms with Crippen LogP contribution in [0.4, 0.5) is 4.39 Å². The molecule has 0 bridgehead atoms. The van der Waals surface area contributed by atoms with Crippen LogP contribution in [0.25, 0.3) is 0 Å². The van der Waals surface area contributed by atoms with Crippen LogP contribution in [0.3, 0.4) is 0 Å². The summed E-state index contributed by atoms with van der Waals surface area (Å²) in [5, 5.41) is 3.51. The molecule has 4 heteroatoms. The zero-order valence-corrected chi connectivity index (χ0v) is 12.1. The minimum atomic E-state index is -0.166. The number of likely N-dealkylation sites (N-methyl/N-ethyl adjacent to an activating group) is 2. The van der Waals surface area contributed by atoms with Crippen molar-refractivity contribution >= 4 is 0 Å². The van der Waals surface area contributed by atoms with Crippen molar-refractivity contribution in [3.63, 3.8) is 0 Å². The van der Waals surface area contributed by atoms with Gasteiger partial charge in [0.2, 0.25) is 0 Å². The third kappa shape index (κ3) is 4.00. The van der Waals surface area contributed by atoms with Gasteiger partial charge in [-0.3, -0.25) is 4.90 Å². The van der Waals surface area contributed by atoms with Crippen LogP contribution < -0.4 is 5.32 Å². The standard InChI is InChI=1S/C15H24FN3/c1-12(13-5-4-6-14(16)9-13)17-10-15-11-18(2)7-8-19(15)3/h4-6,9,12,15,17H,7-8,10-11H2,1-3H3. The van der Waals surface area contributed by atoms with Crippen molar-refractivity contribution in [3.8, 4) is 0 Å². The summed E-state index contributed by atoms with van der Waals surface area (Å²) in [5.74, 6) is -0.166. The van der Waals surface area contributed by atoms with Gasteiger partial charge in [-0.25, -0.2) is 4.39 Å². The fourth-order valence-electron chi connectivity index (χ4n) is 2.53. The quantitative estimate of drug-likeness (QED) is 0.894. The highest BCUT2D eigenvalue weighted by Crippen LogP contribution is 2.14. The fourth-order valence-corrected chi connectivity index (χ4v) is 2.53. The highest BCUT2D eigenvalue weighted by molar-refractivity contribution is 5.19. The predicted molar refractivity (Wildman–Crippen MR) is 76.7 cm³/mol. The van der Waals surface area contributed by atoms with Gasteiger partial charge in [0.1, 0.15) is 5.82 Å². The molecular formula is C15H24FN3. The van der Waals surface area contributed by atoms with E-state index in [1.807, 2.05) is 6.07 Å². The van der Waals surface area contributed by atoms with Crippen LogP contribution in [0.1, 0.15) is 18.5 Å². The number of hydrogen-bond acceptors (Lipinski definition) is 3. The Morgan fingerprint density at radius 2 is 2.16 bits per heavy atom. The van der Waals surface area contributed by atoms with E-state index in [-0.39, 0.29) is 11.9 Å². The molecule has 1 aromatic carbocycles. The largest absolute Gasteiger partial charge is 0.309 e. The van der Waals surface area contributed by atoms with Gasteiger partial charge in [0.15, 0.2) is 0 Å². The molecule has 2 atom stereocenters. The second-order valence-corrected chi connectivity index (χ2v) is 5.58. The van der Waals surface area contributed by atoms with Gasteiger partial charge in [-0.2, -0.15) is 0 Å². The highest BCUT2D eigenvalue weighted by atomic mass is 19.1. The molecule has 1 fully saturated rings. The minimum absolute atomic E-state index is 0.166. The van der Waals surface area contributed by atoms with E-state index in [0.29, 0.717) is 6.04 Å². The second kappa shape index (κ2) is 6.46. The first-order chi connectivity index (χ1) is 9.06. The van der Waals surface area contributed by atoms with Gasteiger partial charge >= 0.3 is 0 Å². The summed E-state index contributed by atoms with van der Waals surface area (Å²) in [6, 6.07) is 7.53. The molecule has 3 nitrogen and oxygen atoms in total. The molecule has 0 saturated carbocycles. The molecule has 0 radical (unpaired) electrons. The molecule has 1 heterocycles. The normalized spacial score (nSPS) is 23.5. The van der Waals surface area contributed by atoms with E-state index in [1.165, 1.54) is 6.07 Å². The van der Waals surface area contributed by atoms with Crippen LogP contribution in [0.15, 0.2) is 24.3 Å². The van der Waals surface area contributed by atoms with E-state index >= 15 is 0 Å². The maximum atomic E-state index is 13.2. The first-order valence-electron chi connectivity index (χ1n) is 6.94. The summed E-state index contributed by atoms with van der Waals surface area (Å²) in [5.41, 5.74) is 1.01. The molecule has 19 heavy (non-hydrogen) atoms. The molecule has 1 saturated heterocycles. The number of nitrogens with one attached hydrogen (secondary N) is 1. The van der Waals surface area contributed by atoms with Crippen LogP contribution in [-0.4, -0.2) is 56.1 Å². The molecule has 1 N–H and O–H groups in total. The van der Waals surface area contributed by atoms with E-state index in [9.17, 15) is 4.39 Å². The van der Waals surface area contributed by atoms with Crippen molar-refractivity contribution in [2.24, 2.45) is 0 Å². The van der Waals surface area contributed by atoms with Gasteiger partial charge in [-0.05, 0) is 38.7 Å². The second-order valence-electron chi connectivity index (χ2n) is 5.58. The van der Waals surface area contributed by atoms with Gasteiger partial charge < -0.3 is 10.2 Å². The molecule has 2 unspecified atom stereocenters. The van der Waals surface area contributed by atoms with Crippen molar-refractivity contribution in [2.75, 3.05) is 40.3 Å². The van der Waals surface area contributed by atoms with Gasteiger partial charge in [0.05, 0.1) is 0 Å². The molecule has 0 aromatic heterocycles. The molecule has 106 valence electrons. The van der Waals surface area contributed by atoms with Crippen molar-refractivity contribution in [1.82, 2.24) is 15.1 Å². The lowest BCUT2D eigenvalue weighted by Gasteiger charge is -2.38. The lowest BCUT2D eigenvalue weighted by molar-refractivity contribution is 0.112. The van der Waals surface area contributed by atoms with Gasteiger partial charge in [-0.15, -0.1) is 0 Å². The highest BCUT2D eigenvalue weighted by Gasteiger charge is 2.22. The summed E-state index contributed by atoms with van der Waals surface area (Å²) in [6.45, 7) is 6.34. The van der Waals surface area contributed by atoms with Crippen molar-refractivity contribution in [3.05, 3.63) is 35.6 Å². The number of piperazine rings is 1. The minimum Gasteiger partial charge on any atom is -0.309 e. The Balaban J connectivity index is 1.87. The van der Waals surface area contributed by atoms with Crippen LogP contribution in [0, 0.1) is 5.82 Å². The first kappa shape index (κ1) is 14.4. The molecule has 1 aliphatic rings. The third-order valence-electron chi connectivity index (χ3n) is 3.99. The lowest BCUT2D eigenvalue weighted by Crippen LogP contribution is -2.53. The summed E-state index contributed by atoms with van der Waals surface area (Å²) in [7, 11) is 4.34. The summed E-state index contributed by atoms with van der Waals surface area (Å²) in [4.78, 5) is 4.75. The maximum Gasteiger partial charge on any atom is 0.123 e. The Morgan fingerprint density at radius 1 is 1.37 bits per heavy atom. The Kier molecular flexibility index (Phi) is 4.91. The van der Waals surface area contributed by atoms with E-state index < -0.39 is 0 Å². The number of rotatable bonds is 4. The molecule has 2 rings (SSSR count). The molecule has 0 aliphatic carbocycles. The van der Waals surface area contributed by atoms with Gasteiger partial charge in [0, 0.05) is 38.3 Å². The Bertz CT molecular complexity index is 410. The Morgan fingerprint density at radius 3 is 2.89 bits per heavy atom. The van der Waals surface area contributed by atoms with Crippen LogP contribution >= 0.6 is 0 Å². The van der Waals surface area contributed by atoms with Crippen LogP contribution in [0.5, 0.6) is 0 Å². The third-order valence-corrected chi connectivity index (χ3v) is 3.99. The van der Waals surface area contributed by atoms with Gasteiger partial charge in [0.25, 0.3) is 0 Å². The molecular weight excluding hydrogens is 241 g/mol. The molecule has 1 aliphatic heterocycles. The predicted octanol–water partition coefficient (Wildman–Crippen LogP) is 1.72. The number of halogens is 1. The average Bonchev–Trinajstić information content (AvgIpc) is 2.39. The average molecular weight is 265 g/mol. The Hall–Kier alpha value is -0.970. The molecule has 1 aromatic rings. The van der Waals surface area contributed by atoms with E-state index in [0.717, 1.165) is 31.7 Å². The lowest BCUT2D eigenvalue weighted by atomic mass is 10.1. The van der Waals surface area contributed by atoms with Crippen molar-refractivity contribution in [2.45, 2.75) is 19.0 Å². The Labute approximate surface area is 115 Å². The topological polar surface area (TPSA) is 18.5 Å².